The monoisotopic (exact) mass is 238 g/mol. The van der Waals surface area contributed by atoms with Gasteiger partial charge in [-0.3, -0.25) is 4.79 Å². The molecule has 16 heavy (non-hydrogen) atoms. The third-order valence-corrected chi connectivity index (χ3v) is 3.63. The zero-order chi connectivity index (χ0) is 11.5. The Morgan fingerprint density at radius 3 is 2.56 bits per heavy atom. The van der Waals surface area contributed by atoms with E-state index >= 15 is 0 Å². The maximum Gasteiger partial charge on any atom is 0.170 e. The fourth-order valence-corrected chi connectivity index (χ4v) is 2.69. The van der Waals surface area contributed by atoms with E-state index in [1.54, 1.807) is 12.1 Å². The van der Waals surface area contributed by atoms with E-state index in [0.29, 0.717) is 12.0 Å². The molecule has 0 aromatic heterocycles. The number of ketones is 1. The molecule has 1 aromatic rings. The second-order valence-corrected chi connectivity index (χ2v) is 4.83. The van der Waals surface area contributed by atoms with Gasteiger partial charge in [-0.15, -0.1) is 11.6 Å². The molecule has 3 heteroatoms. The molecule has 1 aromatic carbocycles. The largest absolute Gasteiger partial charge is 0.392 e. The predicted octanol–water partition coefficient (Wildman–Crippen LogP) is 2.64. The van der Waals surface area contributed by atoms with Crippen LogP contribution in [0.3, 0.4) is 0 Å². The summed E-state index contributed by atoms with van der Waals surface area (Å²) >= 11 is 6.14. The maximum atomic E-state index is 12.2. The van der Waals surface area contributed by atoms with E-state index in [2.05, 4.69) is 0 Å². The number of halogens is 1. The number of benzene rings is 1. The van der Waals surface area contributed by atoms with Crippen molar-refractivity contribution in [2.45, 2.75) is 30.7 Å². The van der Waals surface area contributed by atoms with Gasteiger partial charge in [0, 0.05) is 10.9 Å². The van der Waals surface area contributed by atoms with Crippen LogP contribution in [0.4, 0.5) is 0 Å². The average molecular weight is 239 g/mol. The zero-order valence-corrected chi connectivity index (χ0v) is 9.73. The lowest BCUT2D eigenvalue weighted by Gasteiger charge is -2.30. The van der Waals surface area contributed by atoms with Gasteiger partial charge in [-0.2, -0.15) is 0 Å². The van der Waals surface area contributed by atoms with Crippen LogP contribution in [0.5, 0.6) is 0 Å². The van der Waals surface area contributed by atoms with Gasteiger partial charge in [0.2, 0.25) is 0 Å². The molecule has 3 atom stereocenters. The molecule has 0 amide bonds. The van der Waals surface area contributed by atoms with Gasteiger partial charge < -0.3 is 5.11 Å². The fourth-order valence-electron chi connectivity index (χ4n) is 2.26. The first-order valence-corrected chi connectivity index (χ1v) is 6.05. The number of hydrogen-bond acceptors (Lipinski definition) is 2. The number of hydrogen-bond donors (Lipinski definition) is 1. The van der Waals surface area contributed by atoms with Crippen molar-refractivity contribution in [1.29, 1.82) is 0 Å². The second kappa shape index (κ2) is 4.98. The number of aliphatic hydroxyl groups is 1. The van der Waals surface area contributed by atoms with Crippen LogP contribution in [0.1, 0.15) is 29.6 Å². The van der Waals surface area contributed by atoms with Gasteiger partial charge >= 0.3 is 0 Å². The third kappa shape index (κ3) is 2.28. The smallest absolute Gasteiger partial charge is 0.170 e. The van der Waals surface area contributed by atoms with Crippen molar-refractivity contribution < 1.29 is 9.90 Å². The summed E-state index contributed by atoms with van der Waals surface area (Å²) in [7, 11) is 0. The molecule has 1 N–H and O–H groups in total. The minimum absolute atomic E-state index is 0.0344. The molecule has 2 nitrogen and oxygen atoms in total. The van der Waals surface area contributed by atoms with Crippen LogP contribution >= 0.6 is 11.6 Å². The van der Waals surface area contributed by atoms with Crippen molar-refractivity contribution in [1.82, 2.24) is 0 Å². The lowest BCUT2D eigenvalue weighted by atomic mass is 9.81. The molecule has 1 saturated carbocycles. The average Bonchev–Trinajstić information content (AvgIpc) is 2.30. The van der Waals surface area contributed by atoms with E-state index in [9.17, 15) is 9.90 Å². The molecule has 2 rings (SSSR count). The molecule has 86 valence electrons. The molecular weight excluding hydrogens is 224 g/mol. The van der Waals surface area contributed by atoms with Crippen molar-refractivity contribution in [3.8, 4) is 0 Å². The first kappa shape index (κ1) is 11.6. The molecule has 1 aliphatic carbocycles. The molecule has 0 unspecified atom stereocenters. The Bertz CT molecular complexity index is 353. The van der Waals surface area contributed by atoms with Crippen molar-refractivity contribution >= 4 is 17.4 Å². The van der Waals surface area contributed by atoms with E-state index in [1.807, 2.05) is 18.2 Å². The minimum atomic E-state index is -0.594. The molecule has 0 radical (unpaired) electrons. The van der Waals surface area contributed by atoms with E-state index in [4.69, 9.17) is 11.6 Å². The quantitative estimate of drug-likeness (QED) is 0.635. The van der Waals surface area contributed by atoms with Crippen molar-refractivity contribution in [3.05, 3.63) is 35.9 Å². The van der Waals surface area contributed by atoms with Gasteiger partial charge in [-0.1, -0.05) is 30.3 Å². The highest BCUT2D eigenvalue weighted by Gasteiger charge is 2.36. The molecular formula is C13H15ClO2. The Balaban J connectivity index is 2.20. The maximum absolute atomic E-state index is 12.2. The summed E-state index contributed by atoms with van der Waals surface area (Å²) in [6.07, 6.45) is 1.78. The van der Waals surface area contributed by atoms with Gasteiger partial charge in [0.05, 0.1) is 12.0 Å². The number of carbonyl (C=O) groups is 1. The molecule has 0 spiro atoms. The highest BCUT2D eigenvalue weighted by Crippen LogP contribution is 2.31. The van der Waals surface area contributed by atoms with Gasteiger partial charge in [-0.25, -0.2) is 0 Å². The Morgan fingerprint density at radius 2 is 1.94 bits per heavy atom. The lowest BCUT2D eigenvalue weighted by molar-refractivity contribution is 0.0540. The highest BCUT2D eigenvalue weighted by atomic mass is 35.5. The summed E-state index contributed by atoms with van der Waals surface area (Å²) in [6.45, 7) is 0. The molecule has 1 aliphatic rings. The van der Waals surface area contributed by atoms with Crippen LogP contribution in [0.2, 0.25) is 0 Å². The third-order valence-electron chi connectivity index (χ3n) is 3.15. The van der Waals surface area contributed by atoms with Crippen LogP contribution in [-0.2, 0) is 0 Å². The van der Waals surface area contributed by atoms with Gasteiger partial charge in [0.15, 0.2) is 5.78 Å². The van der Waals surface area contributed by atoms with E-state index in [-0.39, 0.29) is 11.2 Å². The predicted molar refractivity (Wildman–Crippen MR) is 63.8 cm³/mol. The Morgan fingerprint density at radius 1 is 1.25 bits per heavy atom. The lowest BCUT2D eigenvalue weighted by Crippen LogP contribution is -2.38. The summed E-state index contributed by atoms with van der Waals surface area (Å²) in [5, 5.41) is 9.63. The van der Waals surface area contributed by atoms with Crippen LogP contribution in [0.15, 0.2) is 30.3 Å². The van der Waals surface area contributed by atoms with Crippen LogP contribution < -0.4 is 0 Å². The highest BCUT2D eigenvalue weighted by molar-refractivity contribution is 6.23. The van der Waals surface area contributed by atoms with E-state index < -0.39 is 12.0 Å². The minimum Gasteiger partial charge on any atom is -0.392 e. The summed E-state index contributed by atoms with van der Waals surface area (Å²) in [5.41, 5.74) is 0.638. The first-order valence-electron chi connectivity index (χ1n) is 5.61. The summed E-state index contributed by atoms with van der Waals surface area (Å²) in [6, 6.07) is 9.06. The Hall–Kier alpha value is -0.860. The van der Waals surface area contributed by atoms with E-state index in [1.165, 1.54) is 0 Å². The summed E-state index contributed by atoms with van der Waals surface area (Å²) in [5.74, 6) is -0.481. The summed E-state index contributed by atoms with van der Waals surface area (Å²) < 4.78 is 0. The number of carbonyl (C=O) groups excluding carboxylic acids is 1. The van der Waals surface area contributed by atoms with Crippen molar-refractivity contribution in [2.24, 2.45) is 5.92 Å². The second-order valence-electron chi connectivity index (χ2n) is 4.27. The molecule has 0 saturated heterocycles. The standard InChI is InChI=1S/C13H15ClO2/c14-10-7-4-8-11(15)12(10)13(16)9-5-2-1-3-6-9/h1-3,5-6,10-12,15H,4,7-8H2/t10-,11-,12+/m1/s1. The van der Waals surface area contributed by atoms with Crippen molar-refractivity contribution in [3.63, 3.8) is 0 Å². The SMILES string of the molecule is O=C(c1ccccc1)[C@@H]1[C@H](O)CCC[C@H]1Cl. The van der Waals surface area contributed by atoms with Crippen molar-refractivity contribution in [2.75, 3.05) is 0 Å². The topological polar surface area (TPSA) is 37.3 Å². The first-order chi connectivity index (χ1) is 7.70. The number of alkyl halides is 1. The van der Waals surface area contributed by atoms with Gasteiger partial charge in [-0.05, 0) is 19.3 Å². The van der Waals surface area contributed by atoms with E-state index in [0.717, 1.165) is 12.8 Å². The van der Waals surface area contributed by atoms with Crippen LogP contribution in [-0.4, -0.2) is 22.4 Å². The van der Waals surface area contributed by atoms with Crippen LogP contribution in [0.25, 0.3) is 0 Å². The molecule has 1 fully saturated rings. The fraction of sp³-hybridized carbons (Fsp3) is 0.462. The summed E-state index contributed by atoms with van der Waals surface area (Å²) in [4.78, 5) is 12.2. The van der Waals surface area contributed by atoms with Gasteiger partial charge in [0.1, 0.15) is 0 Å². The Kier molecular flexibility index (Phi) is 3.62. The zero-order valence-electron chi connectivity index (χ0n) is 8.97. The number of aliphatic hydroxyl groups excluding tert-OH is 1. The van der Waals surface area contributed by atoms with Crippen LogP contribution in [0, 0.1) is 5.92 Å². The Labute approximate surface area is 100 Å². The molecule has 0 bridgehead atoms. The molecule has 0 heterocycles. The number of rotatable bonds is 2. The normalized spacial score (nSPS) is 30.0. The molecule has 0 aliphatic heterocycles. The van der Waals surface area contributed by atoms with Gasteiger partial charge in [0.25, 0.3) is 0 Å². The number of Topliss-reactive ketones (excluding diaryl/α,β-unsaturated/α-hetero) is 1.